The maximum absolute atomic E-state index is 5.37. The molecule has 0 aromatic carbocycles. The van der Waals surface area contributed by atoms with E-state index in [0.29, 0.717) is 18.3 Å². The molecule has 0 aliphatic rings. The van der Waals surface area contributed by atoms with Gasteiger partial charge in [0.2, 0.25) is 5.95 Å². The third-order valence-corrected chi connectivity index (χ3v) is 3.89. The van der Waals surface area contributed by atoms with E-state index in [4.69, 9.17) is 4.52 Å². The Labute approximate surface area is 149 Å². The van der Waals surface area contributed by atoms with Gasteiger partial charge in [0.15, 0.2) is 5.76 Å². The van der Waals surface area contributed by atoms with Gasteiger partial charge in [0.05, 0.1) is 18.4 Å². The van der Waals surface area contributed by atoms with Gasteiger partial charge >= 0.3 is 0 Å². The lowest BCUT2D eigenvalue weighted by molar-refractivity contribution is 0.390. The summed E-state index contributed by atoms with van der Waals surface area (Å²) in [6, 6.07) is 5.67. The quantitative estimate of drug-likeness (QED) is 0.593. The second-order valence-corrected chi connectivity index (χ2v) is 5.90. The zero-order valence-corrected chi connectivity index (χ0v) is 14.4. The van der Waals surface area contributed by atoms with Gasteiger partial charge < -0.3 is 9.84 Å². The minimum absolute atomic E-state index is 0.433. The molecule has 1 N–H and O–H groups in total. The number of hydrogen-bond donors (Lipinski definition) is 1. The van der Waals surface area contributed by atoms with Crippen molar-refractivity contribution < 1.29 is 4.52 Å². The molecular formula is C18H17N7O. The number of hydrogen-bond acceptors (Lipinski definition) is 7. The zero-order chi connectivity index (χ0) is 17.9. The Morgan fingerprint density at radius 2 is 2.12 bits per heavy atom. The number of nitrogens with one attached hydrogen (secondary N) is 1. The largest absolute Gasteiger partial charge is 0.359 e. The van der Waals surface area contributed by atoms with Crippen LogP contribution >= 0.6 is 0 Å². The average Bonchev–Trinajstić information content (AvgIpc) is 3.31. The first-order valence-corrected chi connectivity index (χ1v) is 8.11. The lowest BCUT2D eigenvalue weighted by Crippen LogP contribution is -2.04. The van der Waals surface area contributed by atoms with E-state index in [9.17, 15) is 0 Å². The van der Waals surface area contributed by atoms with E-state index < -0.39 is 0 Å². The van der Waals surface area contributed by atoms with Gasteiger partial charge in [-0.2, -0.15) is 5.10 Å². The van der Waals surface area contributed by atoms with E-state index in [1.54, 1.807) is 29.5 Å². The van der Waals surface area contributed by atoms with Crippen molar-refractivity contribution in [2.75, 3.05) is 5.32 Å². The van der Waals surface area contributed by atoms with Crippen molar-refractivity contribution in [1.82, 2.24) is 29.9 Å². The van der Waals surface area contributed by atoms with Crippen molar-refractivity contribution >= 4 is 5.95 Å². The highest BCUT2D eigenvalue weighted by Crippen LogP contribution is 2.22. The zero-order valence-electron chi connectivity index (χ0n) is 14.4. The molecule has 26 heavy (non-hydrogen) atoms. The molecule has 0 saturated carbocycles. The maximum Gasteiger partial charge on any atom is 0.223 e. The first-order chi connectivity index (χ1) is 12.7. The summed E-state index contributed by atoms with van der Waals surface area (Å²) in [6.07, 6.45) is 8.98. The summed E-state index contributed by atoms with van der Waals surface area (Å²) in [5.41, 5.74) is 4.45. The molecular weight excluding hydrogens is 330 g/mol. The van der Waals surface area contributed by atoms with Crippen LogP contribution in [0.2, 0.25) is 0 Å². The van der Waals surface area contributed by atoms with Gasteiger partial charge in [0.25, 0.3) is 0 Å². The molecule has 0 radical (unpaired) electrons. The van der Waals surface area contributed by atoms with Gasteiger partial charge in [-0.3, -0.25) is 9.67 Å². The van der Waals surface area contributed by atoms with Crippen LogP contribution in [-0.4, -0.2) is 29.9 Å². The number of anilines is 1. The van der Waals surface area contributed by atoms with Crippen LogP contribution < -0.4 is 5.32 Å². The van der Waals surface area contributed by atoms with Crippen LogP contribution in [0, 0.1) is 6.92 Å². The Bertz CT molecular complexity index is 1020. The molecule has 0 aliphatic carbocycles. The van der Waals surface area contributed by atoms with Crippen LogP contribution in [0.15, 0.2) is 53.7 Å². The standard InChI is InChI=1S/C18H17N7O/c1-12-7-20-18(23-17(12)14-9-22-25(2)11-14)21-10-15-6-16(24-26-15)13-4-3-5-19-8-13/h3-9,11H,10H2,1-2H3,(H,20,21,23). The van der Waals surface area contributed by atoms with Gasteiger partial charge in [0.1, 0.15) is 5.69 Å². The van der Waals surface area contributed by atoms with E-state index in [-0.39, 0.29) is 0 Å². The molecule has 0 amide bonds. The molecule has 4 rings (SSSR count). The molecule has 0 aliphatic heterocycles. The van der Waals surface area contributed by atoms with Crippen molar-refractivity contribution in [1.29, 1.82) is 0 Å². The topological polar surface area (TPSA) is 94.6 Å². The highest BCUT2D eigenvalue weighted by molar-refractivity contribution is 5.62. The number of nitrogens with zero attached hydrogens (tertiary/aromatic N) is 6. The molecule has 0 bridgehead atoms. The monoisotopic (exact) mass is 347 g/mol. The van der Waals surface area contributed by atoms with E-state index >= 15 is 0 Å². The Morgan fingerprint density at radius 1 is 1.19 bits per heavy atom. The van der Waals surface area contributed by atoms with Crippen LogP contribution in [0.1, 0.15) is 11.3 Å². The van der Waals surface area contributed by atoms with E-state index in [0.717, 1.165) is 28.1 Å². The summed E-state index contributed by atoms with van der Waals surface area (Å²) in [5, 5.41) is 11.4. The summed E-state index contributed by atoms with van der Waals surface area (Å²) in [5.74, 6) is 1.21. The van der Waals surface area contributed by atoms with Gasteiger partial charge in [-0.05, 0) is 24.6 Å². The summed E-state index contributed by atoms with van der Waals surface area (Å²) in [6.45, 7) is 2.41. The highest BCUT2D eigenvalue weighted by atomic mass is 16.5. The Hall–Kier alpha value is -3.55. The summed E-state index contributed by atoms with van der Waals surface area (Å²) in [4.78, 5) is 13.0. The molecule has 0 fully saturated rings. The SMILES string of the molecule is Cc1cnc(NCc2cc(-c3cccnc3)no2)nc1-c1cnn(C)c1. The summed E-state index contributed by atoms with van der Waals surface area (Å²) < 4.78 is 7.12. The molecule has 0 atom stereocenters. The molecule has 8 nitrogen and oxygen atoms in total. The third kappa shape index (κ3) is 3.30. The molecule has 0 saturated heterocycles. The predicted octanol–water partition coefficient (Wildman–Crippen LogP) is 2.85. The van der Waals surface area contributed by atoms with Crippen molar-refractivity contribution in [3.05, 3.63) is 60.5 Å². The Kier molecular flexibility index (Phi) is 4.14. The molecule has 4 heterocycles. The second-order valence-electron chi connectivity index (χ2n) is 5.90. The van der Waals surface area contributed by atoms with Gasteiger partial charge in [-0.15, -0.1) is 0 Å². The molecule has 4 aromatic heterocycles. The van der Waals surface area contributed by atoms with Crippen LogP contribution in [0.5, 0.6) is 0 Å². The Morgan fingerprint density at radius 3 is 2.88 bits per heavy atom. The fourth-order valence-electron chi connectivity index (χ4n) is 2.58. The van der Waals surface area contributed by atoms with Crippen LogP contribution in [0.4, 0.5) is 5.95 Å². The van der Waals surface area contributed by atoms with Crippen LogP contribution in [0.25, 0.3) is 22.5 Å². The lowest BCUT2D eigenvalue weighted by atomic mass is 10.1. The Balaban J connectivity index is 1.49. The van der Waals surface area contributed by atoms with E-state index in [2.05, 4.69) is 30.5 Å². The normalized spacial score (nSPS) is 10.8. The van der Waals surface area contributed by atoms with E-state index in [1.165, 1.54) is 0 Å². The number of pyridine rings is 1. The highest BCUT2D eigenvalue weighted by Gasteiger charge is 2.10. The third-order valence-electron chi connectivity index (χ3n) is 3.89. The fraction of sp³-hybridized carbons (Fsp3) is 0.167. The van der Waals surface area contributed by atoms with Crippen molar-refractivity contribution in [3.8, 4) is 22.5 Å². The fourth-order valence-corrected chi connectivity index (χ4v) is 2.58. The molecule has 0 spiro atoms. The summed E-state index contributed by atoms with van der Waals surface area (Å²) in [7, 11) is 1.88. The molecule has 0 unspecified atom stereocenters. The summed E-state index contributed by atoms with van der Waals surface area (Å²) >= 11 is 0. The van der Waals surface area contributed by atoms with E-state index in [1.807, 2.05) is 38.4 Å². The predicted molar refractivity (Wildman–Crippen MR) is 96.0 cm³/mol. The average molecular weight is 347 g/mol. The minimum atomic E-state index is 0.433. The number of aromatic nitrogens is 6. The van der Waals surface area contributed by atoms with Gasteiger partial charge in [-0.25, -0.2) is 9.97 Å². The van der Waals surface area contributed by atoms with Crippen molar-refractivity contribution in [2.45, 2.75) is 13.5 Å². The molecule has 8 heteroatoms. The van der Waals surface area contributed by atoms with Gasteiger partial charge in [-0.1, -0.05) is 5.16 Å². The maximum atomic E-state index is 5.37. The van der Waals surface area contributed by atoms with Crippen LogP contribution in [0.3, 0.4) is 0 Å². The van der Waals surface area contributed by atoms with Gasteiger partial charge in [0, 0.05) is 49.0 Å². The van der Waals surface area contributed by atoms with Crippen molar-refractivity contribution in [2.24, 2.45) is 7.05 Å². The lowest BCUT2D eigenvalue weighted by Gasteiger charge is -2.06. The van der Waals surface area contributed by atoms with Crippen molar-refractivity contribution in [3.63, 3.8) is 0 Å². The molecule has 130 valence electrons. The first kappa shape index (κ1) is 15.9. The first-order valence-electron chi connectivity index (χ1n) is 8.11. The second kappa shape index (κ2) is 6.75. The smallest absolute Gasteiger partial charge is 0.223 e. The minimum Gasteiger partial charge on any atom is -0.359 e. The number of aryl methyl sites for hydroxylation is 2. The van der Waals surface area contributed by atoms with Crippen LogP contribution in [-0.2, 0) is 13.6 Å². The number of rotatable bonds is 5. The molecule has 4 aromatic rings.